The normalized spacial score (nSPS) is 11.0. The topological polar surface area (TPSA) is 80.9 Å². The van der Waals surface area contributed by atoms with Gasteiger partial charge in [-0.2, -0.15) is 0 Å². The predicted octanol–water partition coefficient (Wildman–Crippen LogP) is 2.67. The minimum absolute atomic E-state index is 0.123. The van der Waals surface area contributed by atoms with Gasteiger partial charge in [-0.3, -0.25) is 9.78 Å². The van der Waals surface area contributed by atoms with E-state index >= 15 is 0 Å². The summed E-state index contributed by atoms with van der Waals surface area (Å²) >= 11 is 0. The van der Waals surface area contributed by atoms with Crippen LogP contribution in [0.5, 0.6) is 0 Å². The van der Waals surface area contributed by atoms with Crippen LogP contribution in [0.3, 0.4) is 0 Å². The van der Waals surface area contributed by atoms with Crippen LogP contribution in [-0.4, -0.2) is 30.6 Å². The summed E-state index contributed by atoms with van der Waals surface area (Å²) in [5.74, 6) is -0.0252. The molecule has 0 saturated carbocycles. The number of pyridine rings is 2. The average molecular weight is 296 g/mol. The first-order valence-electron chi connectivity index (χ1n) is 7.10. The summed E-state index contributed by atoms with van der Waals surface area (Å²) in [4.78, 5) is 24.0. The van der Waals surface area contributed by atoms with Crippen molar-refractivity contribution in [2.45, 2.75) is 26.3 Å². The number of carboxylic acid groups (broad SMARTS) is 1. The molecule has 3 rings (SSSR count). The summed E-state index contributed by atoms with van der Waals surface area (Å²) in [6.07, 6.45) is 5.91. The molecule has 112 valence electrons. The smallest absolute Gasteiger partial charge is 0.303 e. The molecule has 0 spiro atoms. The Kier molecular flexibility index (Phi) is 3.82. The SMILES string of the molecule is Cc1cnc2c(c1)nc(-c1cccnc1)n2CCCC(=O)O. The van der Waals surface area contributed by atoms with Crippen LogP contribution in [0.4, 0.5) is 0 Å². The average Bonchev–Trinajstić information content (AvgIpc) is 2.86. The van der Waals surface area contributed by atoms with Crippen LogP contribution >= 0.6 is 0 Å². The lowest BCUT2D eigenvalue weighted by Gasteiger charge is -2.07. The zero-order valence-corrected chi connectivity index (χ0v) is 12.2. The van der Waals surface area contributed by atoms with Gasteiger partial charge < -0.3 is 9.67 Å². The highest BCUT2D eigenvalue weighted by atomic mass is 16.4. The molecule has 0 aliphatic rings. The third-order valence-electron chi connectivity index (χ3n) is 3.41. The fraction of sp³-hybridized carbons (Fsp3) is 0.250. The second-order valence-corrected chi connectivity index (χ2v) is 5.18. The van der Waals surface area contributed by atoms with E-state index in [1.54, 1.807) is 18.6 Å². The van der Waals surface area contributed by atoms with Gasteiger partial charge in [0.2, 0.25) is 0 Å². The first-order valence-corrected chi connectivity index (χ1v) is 7.10. The predicted molar refractivity (Wildman–Crippen MR) is 82.4 cm³/mol. The Morgan fingerprint density at radius 2 is 2.23 bits per heavy atom. The molecule has 1 N–H and O–H groups in total. The third kappa shape index (κ3) is 2.81. The van der Waals surface area contributed by atoms with Crippen molar-refractivity contribution in [3.63, 3.8) is 0 Å². The molecule has 0 atom stereocenters. The van der Waals surface area contributed by atoms with Crippen LogP contribution in [0, 0.1) is 6.92 Å². The van der Waals surface area contributed by atoms with Crippen LogP contribution in [0.2, 0.25) is 0 Å². The molecule has 0 aliphatic heterocycles. The van der Waals surface area contributed by atoms with E-state index in [2.05, 4.69) is 15.0 Å². The van der Waals surface area contributed by atoms with E-state index in [0.717, 1.165) is 28.1 Å². The Morgan fingerprint density at radius 3 is 2.95 bits per heavy atom. The quantitative estimate of drug-likeness (QED) is 0.783. The van der Waals surface area contributed by atoms with Gasteiger partial charge in [0, 0.05) is 37.1 Å². The lowest BCUT2D eigenvalue weighted by atomic mass is 10.2. The van der Waals surface area contributed by atoms with Crippen LogP contribution in [0.25, 0.3) is 22.6 Å². The Hall–Kier alpha value is -2.76. The highest BCUT2D eigenvalue weighted by Gasteiger charge is 2.14. The van der Waals surface area contributed by atoms with Gasteiger partial charge in [-0.05, 0) is 37.1 Å². The van der Waals surface area contributed by atoms with E-state index in [0.29, 0.717) is 13.0 Å². The van der Waals surface area contributed by atoms with Gasteiger partial charge in [-0.25, -0.2) is 9.97 Å². The Balaban J connectivity index is 2.07. The minimum atomic E-state index is -0.795. The lowest BCUT2D eigenvalue weighted by Crippen LogP contribution is -2.04. The molecule has 6 heteroatoms. The molecule has 22 heavy (non-hydrogen) atoms. The number of carboxylic acids is 1. The van der Waals surface area contributed by atoms with E-state index in [1.165, 1.54) is 0 Å². The molecule has 3 aromatic rings. The fourth-order valence-electron chi connectivity index (χ4n) is 2.43. The summed E-state index contributed by atoms with van der Waals surface area (Å²) in [5.41, 5.74) is 3.53. The summed E-state index contributed by atoms with van der Waals surface area (Å²) in [5, 5.41) is 8.83. The number of rotatable bonds is 5. The van der Waals surface area contributed by atoms with Crippen LogP contribution < -0.4 is 0 Å². The van der Waals surface area contributed by atoms with Gasteiger partial charge in [0.1, 0.15) is 11.3 Å². The maximum absolute atomic E-state index is 10.7. The maximum atomic E-state index is 10.7. The van der Waals surface area contributed by atoms with Crippen molar-refractivity contribution in [3.8, 4) is 11.4 Å². The summed E-state index contributed by atoms with van der Waals surface area (Å²) in [6, 6.07) is 5.78. The summed E-state index contributed by atoms with van der Waals surface area (Å²) < 4.78 is 1.97. The molecule has 0 amide bonds. The van der Waals surface area contributed by atoms with Gasteiger partial charge >= 0.3 is 5.97 Å². The number of hydrogen-bond donors (Lipinski definition) is 1. The molecule has 0 aromatic carbocycles. The van der Waals surface area contributed by atoms with Crippen LogP contribution in [-0.2, 0) is 11.3 Å². The van der Waals surface area contributed by atoms with E-state index in [1.807, 2.05) is 29.7 Å². The van der Waals surface area contributed by atoms with Crippen molar-refractivity contribution in [1.29, 1.82) is 0 Å². The van der Waals surface area contributed by atoms with Crippen LogP contribution in [0.1, 0.15) is 18.4 Å². The molecule has 0 fully saturated rings. The number of fused-ring (bicyclic) bond motifs is 1. The van der Waals surface area contributed by atoms with E-state index in [4.69, 9.17) is 5.11 Å². The van der Waals surface area contributed by atoms with Crippen LogP contribution in [0.15, 0.2) is 36.8 Å². The Labute approximate surface area is 127 Å². The number of aromatic nitrogens is 4. The van der Waals surface area contributed by atoms with E-state index in [-0.39, 0.29) is 6.42 Å². The molecule has 3 heterocycles. The van der Waals surface area contributed by atoms with Gasteiger partial charge in [-0.15, -0.1) is 0 Å². The maximum Gasteiger partial charge on any atom is 0.303 e. The first kappa shape index (κ1) is 14.2. The number of hydrogen-bond acceptors (Lipinski definition) is 4. The second-order valence-electron chi connectivity index (χ2n) is 5.18. The summed E-state index contributed by atoms with van der Waals surface area (Å²) in [7, 11) is 0. The standard InChI is InChI=1S/C16H16N4O2/c1-11-8-13-16(18-9-11)20(7-3-5-14(21)22)15(19-13)12-4-2-6-17-10-12/h2,4,6,8-10H,3,5,7H2,1H3,(H,21,22). The molecule has 0 bridgehead atoms. The molecule has 0 radical (unpaired) electrons. The molecule has 0 unspecified atom stereocenters. The van der Waals surface area contributed by atoms with Crippen molar-refractivity contribution >= 4 is 17.1 Å². The number of aryl methyl sites for hydroxylation is 2. The first-order chi connectivity index (χ1) is 10.6. The Bertz CT molecular complexity index is 812. The van der Waals surface area contributed by atoms with E-state index < -0.39 is 5.97 Å². The summed E-state index contributed by atoms with van der Waals surface area (Å²) in [6.45, 7) is 2.53. The zero-order valence-electron chi connectivity index (χ0n) is 12.2. The van der Waals surface area contributed by atoms with Crippen molar-refractivity contribution in [3.05, 3.63) is 42.4 Å². The third-order valence-corrected chi connectivity index (χ3v) is 3.41. The van der Waals surface area contributed by atoms with Gasteiger partial charge in [0.15, 0.2) is 5.65 Å². The Morgan fingerprint density at radius 1 is 1.36 bits per heavy atom. The molecule has 0 aliphatic carbocycles. The molecular formula is C16H16N4O2. The number of nitrogens with zero attached hydrogens (tertiary/aromatic N) is 4. The molecule has 0 saturated heterocycles. The largest absolute Gasteiger partial charge is 0.481 e. The fourth-order valence-corrected chi connectivity index (χ4v) is 2.43. The second kappa shape index (κ2) is 5.93. The van der Waals surface area contributed by atoms with Gasteiger partial charge in [0.05, 0.1) is 0 Å². The molecule has 3 aromatic heterocycles. The highest BCUT2D eigenvalue weighted by molar-refractivity contribution is 5.77. The van der Waals surface area contributed by atoms with Crippen molar-refractivity contribution in [2.75, 3.05) is 0 Å². The number of imidazole rings is 1. The zero-order chi connectivity index (χ0) is 15.5. The number of aliphatic carboxylic acids is 1. The minimum Gasteiger partial charge on any atom is -0.481 e. The van der Waals surface area contributed by atoms with E-state index in [9.17, 15) is 4.79 Å². The van der Waals surface area contributed by atoms with Gasteiger partial charge in [-0.1, -0.05) is 0 Å². The highest BCUT2D eigenvalue weighted by Crippen LogP contribution is 2.24. The van der Waals surface area contributed by atoms with Crippen molar-refractivity contribution < 1.29 is 9.90 Å². The number of carbonyl (C=O) groups is 1. The lowest BCUT2D eigenvalue weighted by molar-refractivity contribution is -0.137. The van der Waals surface area contributed by atoms with Crippen molar-refractivity contribution in [2.24, 2.45) is 0 Å². The van der Waals surface area contributed by atoms with Crippen molar-refractivity contribution in [1.82, 2.24) is 19.5 Å². The van der Waals surface area contributed by atoms with Gasteiger partial charge in [0.25, 0.3) is 0 Å². The molecular weight excluding hydrogens is 280 g/mol. The monoisotopic (exact) mass is 296 g/mol. The molecule has 6 nitrogen and oxygen atoms in total.